The molecule has 1 aliphatic rings. The number of anilines is 1. The van der Waals surface area contributed by atoms with E-state index >= 15 is 0 Å². The van der Waals surface area contributed by atoms with Gasteiger partial charge < -0.3 is 10.2 Å². The zero-order valence-electron chi connectivity index (χ0n) is 13.5. The SMILES string of the molecule is CCN(/C=C(/C#N)C(=O)Nc1ccc(Cl)c(Cl)c1)C1CCS(=O)(=O)C1. The van der Waals surface area contributed by atoms with E-state index < -0.39 is 15.7 Å². The normalized spacial score (nSPS) is 19.3. The second kappa shape index (κ2) is 8.09. The molecule has 0 aliphatic carbocycles. The summed E-state index contributed by atoms with van der Waals surface area (Å²) in [6, 6.07) is 6.22. The summed E-state index contributed by atoms with van der Waals surface area (Å²) in [6.45, 7) is 2.33. The summed E-state index contributed by atoms with van der Waals surface area (Å²) in [4.78, 5) is 14.0. The van der Waals surface area contributed by atoms with Gasteiger partial charge in [0.1, 0.15) is 11.6 Å². The van der Waals surface area contributed by atoms with Crippen LogP contribution in [0.4, 0.5) is 5.69 Å². The Balaban J connectivity index is 2.16. The van der Waals surface area contributed by atoms with Gasteiger partial charge in [0.05, 0.1) is 21.6 Å². The molecule has 1 saturated heterocycles. The number of nitriles is 1. The third kappa shape index (κ3) is 5.11. The minimum absolute atomic E-state index is 0.0322. The molecule has 0 radical (unpaired) electrons. The number of amides is 1. The van der Waals surface area contributed by atoms with Gasteiger partial charge >= 0.3 is 0 Å². The monoisotopic (exact) mass is 401 g/mol. The smallest absolute Gasteiger partial charge is 0.267 e. The van der Waals surface area contributed by atoms with E-state index in [2.05, 4.69) is 5.32 Å². The number of halogens is 2. The Kier molecular flexibility index (Phi) is 6.33. The van der Waals surface area contributed by atoms with Gasteiger partial charge in [0.25, 0.3) is 5.91 Å². The number of carbonyl (C=O) groups is 1. The first-order chi connectivity index (χ1) is 11.8. The third-order valence-corrected chi connectivity index (χ3v) is 6.37. The van der Waals surface area contributed by atoms with E-state index in [1.165, 1.54) is 18.3 Å². The zero-order chi connectivity index (χ0) is 18.6. The van der Waals surface area contributed by atoms with Gasteiger partial charge in [0.15, 0.2) is 9.84 Å². The Hall–Kier alpha value is -1.75. The Morgan fingerprint density at radius 1 is 1.44 bits per heavy atom. The second-order valence-corrected chi connectivity index (χ2v) is 8.67. The molecule has 1 aromatic rings. The molecule has 1 amide bonds. The molecule has 1 unspecified atom stereocenters. The molecule has 1 aliphatic heterocycles. The van der Waals surface area contributed by atoms with Gasteiger partial charge in [0, 0.05) is 24.5 Å². The topological polar surface area (TPSA) is 90.3 Å². The molecule has 1 atom stereocenters. The summed E-state index contributed by atoms with van der Waals surface area (Å²) < 4.78 is 23.3. The lowest BCUT2D eigenvalue weighted by atomic mass is 10.2. The van der Waals surface area contributed by atoms with Crippen LogP contribution in [-0.4, -0.2) is 43.3 Å². The van der Waals surface area contributed by atoms with Gasteiger partial charge in [-0.05, 0) is 31.5 Å². The molecule has 25 heavy (non-hydrogen) atoms. The molecule has 0 saturated carbocycles. The van der Waals surface area contributed by atoms with Crippen molar-refractivity contribution in [3.63, 3.8) is 0 Å². The van der Waals surface area contributed by atoms with Gasteiger partial charge in [-0.2, -0.15) is 5.26 Å². The Morgan fingerprint density at radius 2 is 2.16 bits per heavy atom. The lowest BCUT2D eigenvalue weighted by Gasteiger charge is -2.25. The predicted molar refractivity (Wildman–Crippen MR) is 98.2 cm³/mol. The first-order valence-corrected chi connectivity index (χ1v) is 10.2. The molecule has 134 valence electrons. The summed E-state index contributed by atoms with van der Waals surface area (Å²) >= 11 is 11.7. The summed E-state index contributed by atoms with van der Waals surface area (Å²) in [5, 5.41) is 12.5. The van der Waals surface area contributed by atoms with E-state index in [1.54, 1.807) is 11.0 Å². The van der Waals surface area contributed by atoms with E-state index in [1.807, 2.05) is 13.0 Å². The summed E-state index contributed by atoms with van der Waals surface area (Å²) in [6.07, 6.45) is 1.90. The number of rotatable bonds is 5. The third-order valence-electron chi connectivity index (χ3n) is 3.88. The van der Waals surface area contributed by atoms with E-state index in [0.29, 0.717) is 23.7 Å². The molecule has 2 rings (SSSR count). The molecule has 1 heterocycles. The minimum Gasteiger partial charge on any atom is -0.372 e. The Bertz CT molecular complexity index is 847. The van der Waals surface area contributed by atoms with Crippen molar-refractivity contribution in [3.8, 4) is 6.07 Å². The standard InChI is InChI=1S/C16H17Cl2N3O3S/c1-2-21(13-5-6-25(23,24)10-13)9-11(8-19)16(22)20-12-3-4-14(17)15(18)7-12/h3-4,7,9,13H,2,5-6,10H2,1H3,(H,20,22)/b11-9-. The van der Waals surface area contributed by atoms with Crippen molar-refractivity contribution < 1.29 is 13.2 Å². The fraction of sp³-hybridized carbons (Fsp3) is 0.375. The number of hydrogen-bond donors (Lipinski definition) is 1. The van der Waals surface area contributed by atoms with Crippen molar-refractivity contribution in [2.45, 2.75) is 19.4 Å². The van der Waals surface area contributed by atoms with Crippen molar-refractivity contribution in [2.24, 2.45) is 0 Å². The van der Waals surface area contributed by atoms with Crippen molar-refractivity contribution in [3.05, 3.63) is 40.0 Å². The maximum Gasteiger partial charge on any atom is 0.267 e. The van der Waals surface area contributed by atoms with Gasteiger partial charge in [-0.15, -0.1) is 0 Å². The average Bonchev–Trinajstić information content (AvgIpc) is 2.92. The van der Waals surface area contributed by atoms with Gasteiger partial charge in [-0.25, -0.2) is 8.42 Å². The molecular weight excluding hydrogens is 385 g/mol. The van der Waals surface area contributed by atoms with Crippen LogP contribution in [0.3, 0.4) is 0 Å². The number of sulfone groups is 1. The minimum atomic E-state index is -3.05. The Labute approximate surface area is 156 Å². The van der Waals surface area contributed by atoms with Gasteiger partial charge in [0.2, 0.25) is 0 Å². The fourth-order valence-electron chi connectivity index (χ4n) is 2.57. The zero-order valence-corrected chi connectivity index (χ0v) is 15.8. The number of hydrogen-bond acceptors (Lipinski definition) is 5. The van der Waals surface area contributed by atoms with Crippen molar-refractivity contribution >= 4 is 44.6 Å². The summed E-state index contributed by atoms with van der Waals surface area (Å²) in [5.74, 6) is -0.440. The van der Waals surface area contributed by atoms with Crippen molar-refractivity contribution in [1.82, 2.24) is 4.90 Å². The number of benzene rings is 1. The molecule has 0 aromatic heterocycles. The highest BCUT2D eigenvalue weighted by Gasteiger charge is 2.31. The number of nitrogens with one attached hydrogen (secondary N) is 1. The van der Waals surface area contributed by atoms with Crippen LogP contribution in [0.1, 0.15) is 13.3 Å². The van der Waals surface area contributed by atoms with Crippen LogP contribution >= 0.6 is 23.2 Å². The molecular formula is C16H17Cl2N3O3S. The summed E-state index contributed by atoms with van der Waals surface area (Å²) in [7, 11) is -3.05. The first-order valence-electron chi connectivity index (χ1n) is 7.60. The van der Waals surface area contributed by atoms with Crippen LogP contribution in [0.15, 0.2) is 30.0 Å². The lowest BCUT2D eigenvalue weighted by molar-refractivity contribution is -0.112. The van der Waals surface area contributed by atoms with Crippen molar-refractivity contribution in [2.75, 3.05) is 23.4 Å². The molecule has 6 nitrogen and oxygen atoms in total. The highest BCUT2D eigenvalue weighted by atomic mass is 35.5. The van der Waals surface area contributed by atoms with Crippen molar-refractivity contribution in [1.29, 1.82) is 5.26 Å². The first kappa shape index (κ1) is 19.6. The molecule has 0 bridgehead atoms. The van der Waals surface area contributed by atoms with Crippen LogP contribution in [0, 0.1) is 11.3 Å². The van der Waals surface area contributed by atoms with Crippen LogP contribution in [0.25, 0.3) is 0 Å². The highest BCUT2D eigenvalue weighted by Crippen LogP contribution is 2.25. The molecule has 0 spiro atoms. The molecule has 9 heteroatoms. The van der Waals surface area contributed by atoms with E-state index in [4.69, 9.17) is 23.2 Å². The maximum absolute atomic E-state index is 12.3. The maximum atomic E-state index is 12.3. The molecule has 1 fully saturated rings. The largest absolute Gasteiger partial charge is 0.372 e. The quantitative estimate of drug-likeness (QED) is 0.604. The number of nitrogens with zero attached hydrogens (tertiary/aromatic N) is 2. The van der Waals surface area contributed by atoms with E-state index in [-0.39, 0.29) is 28.1 Å². The predicted octanol–water partition coefficient (Wildman–Crippen LogP) is 2.85. The van der Waals surface area contributed by atoms with Crippen LogP contribution in [-0.2, 0) is 14.6 Å². The van der Waals surface area contributed by atoms with E-state index in [0.717, 1.165) is 0 Å². The number of carbonyl (C=O) groups excluding carboxylic acids is 1. The summed E-state index contributed by atoms with van der Waals surface area (Å²) in [5.41, 5.74) is 0.296. The highest BCUT2D eigenvalue weighted by molar-refractivity contribution is 7.91. The average molecular weight is 402 g/mol. The molecule has 1 N–H and O–H groups in total. The molecule has 1 aromatic carbocycles. The van der Waals surface area contributed by atoms with E-state index in [9.17, 15) is 18.5 Å². The van der Waals surface area contributed by atoms with Gasteiger partial charge in [-0.1, -0.05) is 23.2 Å². The lowest BCUT2D eigenvalue weighted by Crippen LogP contribution is -2.32. The fourth-order valence-corrected chi connectivity index (χ4v) is 4.61. The van der Waals surface area contributed by atoms with Crippen LogP contribution < -0.4 is 5.32 Å². The Morgan fingerprint density at radius 3 is 2.68 bits per heavy atom. The van der Waals surface area contributed by atoms with Crippen LogP contribution in [0.5, 0.6) is 0 Å². The van der Waals surface area contributed by atoms with Gasteiger partial charge in [-0.3, -0.25) is 4.79 Å². The second-order valence-electron chi connectivity index (χ2n) is 5.62. The van der Waals surface area contributed by atoms with Crippen LogP contribution in [0.2, 0.25) is 10.0 Å².